The molecule has 6 heteroatoms. The Kier molecular flexibility index (Phi) is 4.15. The minimum Gasteiger partial charge on any atom is -0.309 e. The molecule has 0 saturated carbocycles. The Labute approximate surface area is 119 Å². The molecule has 2 heterocycles. The average Bonchev–Trinajstić information content (AvgIpc) is 2.65. The maximum Gasteiger partial charge on any atom is 0.137 e. The highest BCUT2D eigenvalue weighted by Crippen LogP contribution is 2.13. The third kappa shape index (κ3) is 2.79. The number of hydrogen-bond donors (Lipinski definition) is 1. The molecule has 0 aliphatic heterocycles. The van der Waals surface area contributed by atoms with Crippen LogP contribution in [0.15, 0.2) is 23.4 Å². The number of pyridine rings is 1. The topological polar surface area (TPSA) is 65.5 Å². The van der Waals surface area contributed by atoms with Crippen molar-refractivity contribution in [2.45, 2.75) is 13.3 Å². The zero-order chi connectivity index (χ0) is 13.0. The van der Waals surface area contributed by atoms with Gasteiger partial charge in [0.25, 0.3) is 0 Å². The molecule has 0 fully saturated rings. The summed E-state index contributed by atoms with van der Waals surface area (Å²) in [6.45, 7) is 2.51. The van der Waals surface area contributed by atoms with Gasteiger partial charge in [-0.25, -0.2) is 4.98 Å². The molecular formula is C12H12IN5. The Morgan fingerprint density at radius 2 is 2.44 bits per heavy atom. The average molecular weight is 353 g/mol. The largest absolute Gasteiger partial charge is 0.309 e. The normalized spacial score (nSPS) is 10.9. The SMILES string of the molecule is Cc1nc2ccc(I)cn2c1/C=N\NCCC#N. The molecule has 0 spiro atoms. The monoisotopic (exact) mass is 353 g/mol. The molecule has 5 nitrogen and oxygen atoms in total. The van der Waals surface area contributed by atoms with Gasteiger partial charge < -0.3 is 5.43 Å². The maximum atomic E-state index is 8.41. The van der Waals surface area contributed by atoms with E-state index in [1.807, 2.05) is 29.7 Å². The molecule has 0 radical (unpaired) electrons. The van der Waals surface area contributed by atoms with Crippen LogP contribution in [-0.4, -0.2) is 22.1 Å². The van der Waals surface area contributed by atoms with Crippen molar-refractivity contribution < 1.29 is 0 Å². The maximum absolute atomic E-state index is 8.41. The van der Waals surface area contributed by atoms with E-state index in [2.05, 4.69) is 44.2 Å². The number of hydrogen-bond acceptors (Lipinski definition) is 4. The molecule has 1 N–H and O–H groups in total. The summed E-state index contributed by atoms with van der Waals surface area (Å²) >= 11 is 2.27. The quantitative estimate of drug-likeness (QED) is 0.396. The summed E-state index contributed by atoms with van der Waals surface area (Å²) in [6.07, 6.45) is 4.21. The van der Waals surface area contributed by atoms with Crippen LogP contribution in [0.5, 0.6) is 0 Å². The summed E-state index contributed by atoms with van der Waals surface area (Å²) < 4.78 is 3.15. The molecule has 0 aliphatic rings. The highest BCUT2D eigenvalue weighted by molar-refractivity contribution is 14.1. The van der Waals surface area contributed by atoms with Crippen molar-refractivity contribution >= 4 is 34.5 Å². The van der Waals surface area contributed by atoms with Gasteiger partial charge in [-0.2, -0.15) is 10.4 Å². The third-order valence-corrected chi connectivity index (χ3v) is 3.07. The van der Waals surface area contributed by atoms with E-state index < -0.39 is 0 Å². The van der Waals surface area contributed by atoms with E-state index in [0.717, 1.165) is 20.6 Å². The molecule has 0 aromatic carbocycles. The van der Waals surface area contributed by atoms with E-state index in [0.29, 0.717) is 13.0 Å². The molecule has 18 heavy (non-hydrogen) atoms. The van der Waals surface area contributed by atoms with Gasteiger partial charge in [0.2, 0.25) is 0 Å². The van der Waals surface area contributed by atoms with E-state index in [9.17, 15) is 0 Å². The first-order chi connectivity index (χ1) is 8.72. The molecule has 2 aromatic heterocycles. The summed E-state index contributed by atoms with van der Waals surface area (Å²) in [5.41, 5.74) is 5.63. The number of nitrogens with zero attached hydrogens (tertiary/aromatic N) is 4. The lowest BCUT2D eigenvalue weighted by molar-refractivity contribution is 0.750. The Balaban J connectivity index is 2.24. The number of halogens is 1. The van der Waals surface area contributed by atoms with Crippen molar-refractivity contribution in [3.8, 4) is 6.07 Å². The minimum absolute atomic E-state index is 0.446. The lowest BCUT2D eigenvalue weighted by Gasteiger charge is -1.98. The number of nitrogens with one attached hydrogen (secondary N) is 1. The summed E-state index contributed by atoms with van der Waals surface area (Å²) in [5.74, 6) is 0. The molecule has 0 atom stereocenters. The first kappa shape index (κ1) is 12.8. The van der Waals surface area contributed by atoms with Gasteiger partial charge in [-0.3, -0.25) is 4.40 Å². The van der Waals surface area contributed by atoms with E-state index >= 15 is 0 Å². The molecular weight excluding hydrogens is 341 g/mol. The smallest absolute Gasteiger partial charge is 0.137 e. The highest BCUT2D eigenvalue weighted by Gasteiger charge is 2.06. The highest BCUT2D eigenvalue weighted by atomic mass is 127. The van der Waals surface area contributed by atoms with Crippen molar-refractivity contribution in [2.24, 2.45) is 5.10 Å². The lowest BCUT2D eigenvalue weighted by Crippen LogP contribution is -2.07. The van der Waals surface area contributed by atoms with Crippen molar-refractivity contribution in [3.05, 3.63) is 33.3 Å². The minimum atomic E-state index is 0.446. The van der Waals surface area contributed by atoms with Gasteiger partial charge in [0, 0.05) is 16.3 Å². The van der Waals surface area contributed by atoms with Crippen LogP contribution in [0.1, 0.15) is 17.8 Å². The fourth-order valence-electron chi connectivity index (χ4n) is 1.59. The molecule has 2 rings (SSSR count). The zero-order valence-electron chi connectivity index (χ0n) is 9.89. The Morgan fingerprint density at radius 3 is 3.22 bits per heavy atom. The fourth-order valence-corrected chi connectivity index (χ4v) is 2.05. The molecule has 2 aromatic rings. The molecule has 0 amide bonds. The van der Waals surface area contributed by atoms with E-state index in [1.54, 1.807) is 6.21 Å². The molecule has 0 saturated heterocycles. The van der Waals surface area contributed by atoms with Crippen molar-refractivity contribution in [1.82, 2.24) is 14.8 Å². The predicted octanol–water partition coefficient (Wildman–Crippen LogP) is 2.08. The summed E-state index contributed by atoms with van der Waals surface area (Å²) in [7, 11) is 0. The standard InChI is InChI=1S/C12H12IN5/c1-9-11(7-16-15-6-2-5-14)18-8-10(13)3-4-12(18)17-9/h3-4,7-8,15H,2,6H2,1H3/b16-7-. The number of rotatable bonds is 4. The summed E-state index contributed by atoms with van der Waals surface area (Å²) in [5, 5.41) is 12.5. The number of fused-ring (bicyclic) bond motifs is 1. The number of hydrazone groups is 1. The van der Waals surface area contributed by atoms with Gasteiger partial charge in [0.05, 0.1) is 30.1 Å². The van der Waals surface area contributed by atoms with Gasteiger partial charge in [0.15, 0.2) is 0 Å². The first-order valence-electron chi connectivity index (χ1n) is 5.49. The van der Waals surface area contributed by atoms with Crippen LogP contribution in [0.4, 0.5) is 0 Å². The van der Waals surface area contributed by atoms with Crippen LogP contribution in [0.2, 0.25) is 0 Å². The molecule has 0 unspecified atom stereocenters. The van der Waals surface area contributed by atoms with Gasteiger partial charge in [0.1, 0.15) is 5.65 Å². The summed E-state index contributed by atoms with van der Waals surface area (Å²) in [6, 6.07) is 6.06. The van der Waals surface area contributed by atoms with Crippen LogP contribution in [0.25, 0.3) is 5.65 Å². The van der Waals surface area contributed by atoms with E-state index in [4.69, 9.17) is 5.26 Å². The summed E-state index contributed by atoms with van der Waals surface area (Å²) in [4.78, 5) is 4.46. The van der Waals surface area contributed by atoms with Crippen molar-refractivity contribution in [2.75, 3.05) is 6.54 Å². The second kappa shape index (κ2) is 5.82. The van der Waals surface area contributed by atoms with Crippen LogP contribution in [0, 0.1) is 21.8 Å². The van der Waals surface area contributed by atoms with Crippen LogP contribution >= 0.6 is 22.6 Å². The van der Waals surface area contributed by atoms with Crippen LogP contribution in [-0.2, 0) is 0 Å². The second-order valence-electron chi connectivity index (χ2n) is 3.73. The Bertz CT molecular complexity index is 623. The zero-order valence-corrected chi connectivity index (χ0v) is 12.0. The number of aromatic nitrogens is 2. The Hall–Kier alpha value is -1.62. The predicted molar refractivity (Wildman–Crippen MR) is 78.5 cm³/mol. The third-order valence-electron chi connectivity index (χ3n) is 2.43. The fraction of sp³-hybridized carbons (Fsp3) is 0.250. The molecule has 92 valence electrons. The molecule has 0 bridgehead atoms. The van der Waals surface area contributed by atoms with Gasteiger partial charge in [-0.1, -0.05) is 0 Å². The van der Waals surface area contributed by atoms with E-state index in [-0.39, 0.29) is 0 Å². The number of nitriles is 1. The van der Waals surface area contributed by atoms with Gasteiger partial charge in [-0.05, 0) is 41.6 Å². The first-order valence-corrected chi connectivity index (χ1v) is 6.57. The van der Waals surface area contributed by atoms with Crippen LogP contribution < -0.4 is 5.43 Å². The van der Waals surface area contributed by atoms with Crippen molar-refractivity contribution in [1.29, 1.82) is 5.26 Å². The van der Waals surface area contributed by atoms with E-state index in [1.165, 1.54) is 0 Å². The number of imidazole rings is 1. The van der Waals surface area contributed by atoms with Crippen molar-refractivity contribution in [3.63, 3.8) is 0 Å². The van der Waals surface area contributed by atoms with Gasteiger partial charge in [-0.15, -0.1) is 0 Å². The molecule has 0 aliphatic carbocycles. The lowest BCUT2D eigenvalue weighted by atomic mass is 10.4. The Morgan fingerprint density at radius 1 is 1.61 bits per heavy atom. The number of aryl methyl sites for hydroxylation is 1. The second-order valence-corrected chi connectivity index (χ2v) is 4.98. The van der Waals surface area contributed by atoms with Gasteiger partial charge >= 0.3 is 0 Å². The van der Waals surface area contributed by atoms with Crippen LogP contribution in [0.3, 0.4) is 0 Å².